The van der Waals surface area contributed by atoms with Crippen molar-refractivity contribution in [3.05, 3.63) is 45.0 Å². The second-order valence-corrected chi connectivity index (χ2v) is 8.10. The molecule has 3 N–H and O–H groups in total. The van der Waals surface area contributed by atoms with Crippen LogP contribution in [0, 0.1) is 6.92 Å². The van der Waals surface area contributed by atoms with Crippen molar-refractivity contribution >= 4 is 17.7 Å². The first-order valence-corrected chi connectivity index (χ1v) is 9.64. The van der Waals surface area contributed by atoms with Crippen molar-refractivity contribution in [2.24, 2.45) is 5.73 Å². The van der Waals surface area contributed by atoms with E-state index in [9.17, 15) is 9.59 Å². The minimum atomic E-state index is -0.474. The van der Waals surface area contributed by atoms with E-state index in [2.05, 4.69) is 14.9 Å². The van der Waals surface area contributed by atoms with Gasteiger partial charge < -0.3 is 15.5 Å². The van der Waals surface area contributed by atoms with Crippen molar-refractivity contribution in [1.29, 1.82) is 0 Å². The van der Waals surface area contributed by atoms with Gasteiger partial charge in [0.25, 0.3) is 11.5 Å². The highest BCUT2D eigenvalue weighted by molar-refractivity contribution is 5.97. The van der Waals surface area contributed by atoms with Crippen molar-refractivity contribution in [2.45, 2.75) is 38.0 Å². The molecule has 0 saturated carbocycles. The predicted molar refractivity (Wildman–Crippen MR) is 108 cm³/mol. The van der Waals surface area contributed by atoms with E-state index < -0.39 is 5.91 Å². The summed E-state index contributed by atoms with van der Waals surface area (Å²) in [4.78, 5) is 40.8. The highest BCUT2D eigenvalue weighted by Crippen LogP contribution is 2.44. The lowest BCUT2D eigenvalue weighted by Crippen LogP contribution is -2.46. The third-order valence-corrected chi connectivity index (χ3v) is 5.94. The summed E-state index contributed by atoms with van der Waals surface area (Å²) in [5.74, 6) is 0.741. The van der Waals surface area contributed by atoms with Crippen molar-refractivity contribution in [1.82, 2.24) is 15.0 Å². The number of pyridine rings is 1. The molecule has 1 fully saturated rings. The van der Waals surface area contributed by atoms with Crippen LogP contribution in [0.25, 0.3) is 0 Å². The fourth-order valence-electron chi connectivity index (χ4n) is 4.54. The lowest BCUT2D eigenvalue weighted by atomic mass is 9.77. The molecule has 8 heteroatoms. The number of nitrogens with zero attached hydrogens (tertiary/aromatic N) is 4. The molecule has 1 atom stereocenters. The normalized spacial score (nSPS) is 21.0. The van der Waals surface area contributed by atoms with Crippen LogP contribution in [-0.4, -0.2) is 48.0 Å². The topological polar surface area (TPSA) is 108 Å². The summed E-state index contributed by atoms with van der Waals surface area (Å²) >= 11 is 0. The minimum Gasteiger partial charge on any atom is -0.365 e. The van der Waals surface area contributed by atoms with Crippen LogP contribution in [0.4, 0.5) is 11.8 Å². The summed E-state index contributed by atoms with van der Waals surface area (Å²) in [6.07, 6.45) is 3.52. The van der Waals surface area contributed by atoms with E-state index in [1.54, 1.807) is 12.1 Å². The SMILES string of the molecule is Cc1ccc(C(N)=O)c(N2CCCC3(CCc4c3nc(N(C)C)[nH]c4=O)C2)n1. The molecule has 1 aliphatic carbocycles. The largest absolute Gasteiger partial charge is 0.365 e. The first kappa shape index (κ1) is 18.5. The van der Waals surface area contributed by atoms with E-state index in [1.165, 1.54) is 0 Å². The number of rotatable bonds is 3. The lowest BCUT2D eigenvalue weighted by Gasteiger charge is -2.41. The molecule has 1 spiro atoms. The van der Waals surface area contributed by atoms with Crippen molar-refractivity contribution < 1.29 is 4.79 Å². The summed E-state index contributed by atoms with van der Waals surface area (Å²) in [6.45, 7) is 3.39. The number of H-pyrrole nitrogens is 1. The molecule has 2 aromatic rings. The van der Waals surface area contributed by atoms with E-state index >= 15 is 0 Å². The highest BCUT2D eigenvalue weighted by Gasteiger charge is 2.45. The molecule has 1 unspecified atom stereocenters. The molecule has 4 rings (SSSR count). The Bertz CT molecular complexity index is 999. The Morgan fingerprint density at radius 1 is 1.29 bits per heavy atom. The number of aromatic nitrogens is 3. The Labute approximate surface area is 163 Å². The van der Waals surface area contributed by atoms with Gasteiger partial charge in [0.15, 0.2) is 0 Å². The second kappa shape index (κ2) is 6.61. The zero-order chi connectivity index (χ0) is 20.1. The van der Waals surface area contributed by atoms with Gasteiger partial charge in [-0.05, 0) is 44.7 Å². The lowest BCUT2D eigenvalue weighted by molar-refractivity contribution is 0.1000. The van der Waals surface area contributed by atoms with E-state index in [1.807, 2.05) is 25.9 Å². The first-order valence-electron chi connectivity index (χ1n) is 9.64. The zero-order valence-electron chi connectivity index (χ0n) is 16.6. The number of aryl methyl sites for hydroxylation is 1. The molecular formula is C20H26N6O2. The quantitative estimate of drug-likeness (QED) is 0.824. The fourth-order valence-corrected chi connectivity index (χ4v) is 4.54. The predicted octanol–water partition coefficient (Wildman–Crippen LogP) is 1.12. The van der Waals surface area contributed by atoms with Crippen LogP contribution in [0.15, 0.2) is 16.9 Å². The maximum Gasteiger partial charge on any atom is 0.255 e. The minimum absolute atomic E-state index is 0.0470. The Balaban J connectivity index is 1.77. The van der Waals surface area contributed by atoms with Crippen molar-refractivity contribution in [2.75, 3.05) is 37.0 Å². The summed E-state index contributed by atoms with van der Waals surface area (Å²) < 4.78 is 0. The molecule has 3 heterocycles. The average molecular weight is 382 g/mol. The number of anilines is 2. The van der Waals surface area contributed by atoms with Gasteiger partial charge in [0, 0.05) is 43.9 Å². The number of piperidine rings is 1. The molecule has 28 heavy (non-hydrogen) atoms. The summed E-state index contributed by atoms with van der Waals surface area (Å²) in [6, 6.07) is 3.55. The number of nitrogens with one attached hydrogen (secondary N) is 1. The van der Waals surface area contributed by atoms with Crippen LogP contribution in [0.1, 0.15) is 46.6 Å². The van der Waals surface area contributed by atoms with Crippen LogP contribution >= 0.6 is 0 Å². The van der Waals surface area contributed by atoms with Gasteiger partial charge in [-0.2, -0.15) is 0 Å². The van der Waals surface area contributed by atoms with Crippen LogP contribution in [0.3, 0.4) is 0 Å². The molecule has 2 aromatic heterocycles. The number of carbonyl (C=O) groups excluding carboxylic acids is 1. The van der Waals surface area contributed by atoms with E-state index in [-0.39, 0.29) is 11.0 Å². The Kier molecular flexibility index (Phi) is 4.36. The molecule has 0 radical (unpaired) electrons. The van der Waals surface area contributed by atoms with Gasteiger partial charge in [0.05, 0.1) is 11.3 Å². The third kappa shape index (κ3) is 2.93. The maximum atomic E-state index is 12.6. The van der Waals surface area contributed by atoms with Crippen LogP contribution in [0.2, 0.25) is 0 Å². The average Bonchev–Trinajstić information content (AvgIpc) is 3.00. The number of hydrogen-bond donors (Lipinski definition) is 2. The Hall–Kier alpha value is -2.90. The highest BCUT2D eigenvalue weighted by atomic mass is 16.1. The molecule has 8 nitrogen and oxygen atoms in total. The molecule has 1 saturated heterocycles. The van der Waals surface area contributed by atoms with Gasteiger partial charge in [-0.3, -0.25) is 14.6 Å². The fraction of sp³-hybridized carbons (Fsp3) is 0.500. The number of fused-ring (bicyclic) bond motifs is 2. The Morgan fingerprint density at radius 3 is 2.79 bits per heavy atom. The third-order valence-electron chi connectivity index (χ3n) is 5.94. The van der Waals surface area contributed by atoms with E-state index in [4.69, 9.17) is 10.7 Å². The van der Waals surface area contributed by atoms with Gasteiger partial charge in [-0.25, -0.2) is 9.97 Å². The number of aromatic amines is 1. The van der Waals surface area contributed by atoms with E-state index in [0.29, 0.717) is 23.9 Å². The number of amides is 1. The Morgan fingerprint density at radius 2 is 2.07 bits per heavy atom. The molecule has 1 amide bonds. The number of nitrogens with two attached hydrogens (primary N) is 1. The number of carbonyl (C=O) groups is 1. The molecule has 1 aliphatic heterocycles. The van der Waals surface area contributed by atoms with Crippen molar-refractivity contribution in [3.63, 3.8) is 0 Å². The molecular weight excluding hydrogens is 356 g/mol. The van der Waals surface area contributed by atoms with Crippen LogP contribution in [-0.2, 0) is 11.8 Å². The van der Waals surface area contributed by atoms with Crippen LogP contribution in [0.5, 0.6) is 0 Å². The summed E-state index contributed by atoms with van der Waals surface area (Å²) in [7, 11) is 3.74. The smallest absolute Gasteiger partial charge is 0.255 e. The monoisotopic (exact) mass is 382 g/mol. The maximum absolute atomic E-state index is 12.6. The second-order valence-electron chi connectivity index (χ2n) is 8.10. The number of hydrogen-bond acceptors (Lipinski definition) is 6. The van der Waals surface area contributed by atoms with Gasteiger partial charge in [-0.1, -0.05) is 0 Å². The van der Waals surface area contributed by atoms with Gasteiger partial charge in [0.1, 0.15) is 5.82 Å². The van der Waals surface area contributed by atoms with Gasteiger partial charge in [-0.15, -0.1) is 0 Å². The molecule has 148 valence electrons. The molecule has 0 bridgehead atoms. The summed E-state index contributed by atoms with van der Waals surface area (Å²) in [5.41, 5.74) is 8.32. The van der Waals surface area contributed by atoms with Gasteiger partial charge >= 0.3 is 0 Å². The standard InChI is InChI=1S/C20H26N6O2/c1-12-5-6-14(16(21)27)17(22-12)26-10-4-8-20(11-26)9-7-13-15(20)23-19(25(2)3)24-18(13)28/h5-6H,4,7-11H2,1-3H3,(H2,21,27)(H,23,24,28). The molecule has 2 aliphatic rings. The van der Waals surface area contributed by atoms with Crippen molar-refractivity contribution in [3.8, 4) is 0 Å². The van der Waals surface area contributed by atoms with Gasteiger partial charge in [0.2, 0.25) is 5.95 Å². The zero-order valence-corrected chi connectivity index (χ0v) is 16.6. The number of primary amides is 1. The molecule has 0 aromatic carbocycles. The summed E-state index contributed by atoms with van der Waals surface area (Å²) in [5, 5.41) is 0. The van der Waals surface area contributed by atoms with Crippen LogP contribution < -0.4 is 21.1 Å². The first-order chi connectivity index (χ1) is 13.3. The van der Waals surface area contributed by atoms with E-state index in [0.717, 1.165) is 49.2 Å².